The molecule has 0 aliphatic carbocycles. The van der Waals surface area contributed by atoms with E-state index in [-0.39, 0.29) is 17.6 Å². The standard InChI is InChI=1S/C24H27FN4O2S/c1-31-18-6-7-20-22(16-18)32-24(26-20)29-10-8-17(9-11-29)23(30)28-14-12-27(13-15-28)21-5-3-2-4-19(21)25/h2-7,16-17H,8-15H2,1H3. The maximum Gasteiger partial charge on any atom is 0.225 e. The van der Waals surface area contributed by atoms with Crippen molar-refractivity contribution in [2.24, 2.45) is 5.92 Å². The van der Waals surface area contributed by atoms with Gasteiger partial charge < -0.3 is 19.4 Å². The largest absolute Gasteiger partial charge is 0.497 e. The molecule has 6 nitrogen and oxygen atoms in total. The van der Waals surface area contributed by atoms with Crippen LogP contribution in [0.25, 0.3) is 10.2 Å². The molecule has 8 heteroatoms. The number of amides is 1. The lowest BCUT2D eigenvalue weighted by Crippen LogP contribution is -2.51. The molecule has 5 rings (SSSR count). The van der Waals surface area contributed by atoms with Crippen molar-refractivity contribution in [3.05, 3.63) is 48.3 Å². The molecule has 0 N–H and O–H groups in total. The molecule has 0 saturated carbocycles. The summed E-state index contributed by atoms with van der Waals surface area (Å²) < 4.78 is 20.5. The number of thiazole rings is 1. The van der Waals surface area contributed by atoms with Crippen molar-refractivity contribution in [2.45, 2.75) is 12.8 Å². The SMILES string of the molecule is COc1ccc2nc(N3CCC(C(=O)N4CCN(c5ccccc5F)CC4)CC3)sc2c1. The number of piperazine rings is 1. The second kappa shape index (κ2) is 8.94. The summed E-state index contributed by atoms with van der Waals surface area (Å²) >= 11 is 1.67. The molecular formula is C24H27FN4O2S. The number of fused-ring (bicyclic) bond motifs is 1. The zero-order chi connectivity index (χ0) is 22.1. The van der Waals surface area contributed by atoms with Gasteiger partial charge in [-0.2, -0.15) is 0 Å². The first-order chi connectivity index (χ1) is 15.6. The van der Waals surface area contributed by atoms with Crippen molar-refractivity contribution in [3.63, 3.8) is 0 Å². The monoisotopic (exact) mass is 454 g/mol. The number of hydrogen-bond acceptors (Lipinski definition) is 6. The second-order valence-corrected chi connectivity index (χ2v) is 9.36. The first-order valence-corrected chi connectivity index (χ1v) is 11.9. The molecule has 2 aliphatic rings. The molecular weight excluding hydrogens is 427 g/mol. The molecule has 32 heavy (non-hydrogen) atoms. The molecule has 2 fully saturated rings. The third-order valence-corrected chi connectivity index (χ3v) is 7.56. The molecule has 0 unspecified atom stereocenters. The molecule has 0 bridgehead atoms. The van der Waals surface area contributed by atoms with Gasteiger partial charge in [0.15, 0.2) is 5.13 Å². The Morgan fingerprint density at radius 2 is 1.78 bits per heavy atom. The normalized spacial score (nSPS) is 17.8. The van der Waals surface area contributed by atoms with E-state index in [4.69, 9.17) is 9.72 Å². The van der Waals surface area contributed by atoms with Gasteiger partial charge >= 0.3 is 0 Å². The number of ether oxygens (including phenoxy) is 1. The number of methoxy groups -OCH3 is 1. The highest BCUT2D eigenvalue weighted by Gasteiger charge is 2.31. The van der Waals surface area contributed by atoms with Crippen molar-refractivity contribution in [2.75, 3.05) is 56.2 Å². The number of nitrogens with zero attached hydrogens (tertiary/aromatic N) is 4. The van der Waals surface area contributed by atoms with Crippen molar-refractivity contribution in [1.82, 2.24) is 9.88 Å². The Kier molecular flexibility index (Phi) is 5.87. The van der Waals surface area contributed by atoms with Gasteiger partial charge in [-0.25, -0.2) is 9.37 Å². The average Bonchev–Trinajstić information content (AvgIpc) is 3.27. The van der Waals surface area contributed by atoms with Crippen molar-refractivity contribution < 1.29 is 13.9 Å². The maximum absolute atomic E-state index is 14.1. The number of para-hydroxylation sites is 1. The zero-order valence-corrected chi connectivity index (χ0v) is 19.0. The predicted molar refractivity (Wildman–Crippen MR) is 126 cm³/mol. The van der Waals surface area contributed by atoms with Crippen LogP contribution in [0.1, 0.15) is 12.8 Å². The fraction of sp³-hybridized carbons (Fsp3) is 0.417. The smallest absolute Gasteiger partial charge is 0.225 e. The minimum atomic E-state index is -0.201. The van der Waals surface area contributed by atoms with Gasteiger partial charge in [0.2, 0.25) is 5.91 Å². The van der Waals surface area contributed by atoms with E-state index >= 15 is 0 Å². The highest BCUT2D eigenvalue weighted by Crippen LogP contribution is 2.34. The molecule has 0 radical (unpaired) electrons. The van der Waals surface area contributed by atoms with Crippen LogP contribution in [-0.4, -0.2) is 62.2 Å². The van der Waals surface area contributed by atoms with Gasteiger partial charge in [-0.1, -0.05) is 23.5 Å². The average molecular weight is 455 g/mol. The van der Waals surface area contributed by atoms with Crippen LogP contribution in [0.3, 0.4) is 0 Å². The minimum Gasteiger partial charge on any atom is -0.497 e. The number of carbonyl (C=O) groups excluding carboxylic acids is 1. The maximum atomic E-state index is 14.1. The highest BCUT2D eigenvalue weighted by molar-refractivity contribution is 7.22. The van der Waals surface area contributed by atoms with Crippen LogP contribution >= 0.6 is 11.3 Å². The number of halogens is 1. The number of benzene rings is 2. The van der Waals surface area contributed by atoms with E-state index in [1.807, 2.05) is 34.1 Å². The summed E-state index contributed by atoms with van der Waals surface area (Å²) in [6.45, 7) is 4.30. The number of aromatic nitrogens is 1. The van der Waals surface area contributed by atoms with Crippen LogP contribution in [0.2, 0.25) is 0 Å². The highest BCUT2D eigenvalue weighted by atomic mass is 32.1. The fourth-order valence-corrected chi connectivity index (χ4v) is 5.65. The zero-order valence-electron chi connectivity index (χ0n) is 18.2. The van der Waals surface area contributed by atoms with Crippen LogP contribution in [0.4, 0.5) is 15.2 Å². The van der Waals surface area contributed by atoms with Gasteiger partial charge in [0, 0.05) is 45.2 Å². The Morgan fingerprint density at radius 3 is 2.50 bits per heavy atom. The van der Waals surface area contributed by atoms with E-state index in [1.54, 1.807) is 30.6 Å². The molecule has 2 aromatic carbocycles. The van der Waals surface area contributed by atoms with E-state index in [0.29, 0.717) is 31.9 Å². The van der Waals surface area contributed by atoms with Crippen LogP contribution in [-0.2, 0) is 4.79 Å². The van der Waals surface area contributed by atoms with Gasteiger partial charge in [-0.3, -0.25) is 4.79 Å². The molecule has 168 valence electrons. The quantitative estimate of drug-likeness (QED) is 0.596. The Labute approximate surface area is 191 Å². The summed E-state index contributed by atoms with van der Waals surface area (Å²) in [7, 11) is 1.67. The minimum absolute atomic E-state index is 0.0562. The summed E-state index contributed by atoms with van der Waals surface area (Å²) in [6, 6.07) is 12.8. The summed E-state index contributed by atoms with van der Waals surface area (Å²) in [5, 5.41) is 1.01. The van der Waals surface area contributed by atoms with Crippen molar-refractivity contribution >= 4 is 38.3 Å². The van der Waals surface area contributed by atoms with Crippen LogP contribution in [0.15, 0.2) is 42.5 Å². The third kappa shape index (κ3) is 4.11. The Morgan fingerprint density at radius 1 is 1.03 bits per heavy atom. The van der Waals surface area contributed by atoms with Crippen LogP contribution in [0, 0.1) is 11.7 Å². The first-order valence-electron chi connectivity index (χ1n) is 11.1. The van der Waals surface area contributed by atoms with Gasteiger partial charge in [0.25, 0.3) is 0 Å². The van der Waals surface area contributed by atoms with Gasteiger partial charge in [0.05, 0.1) is 23.0 Å². The van der Waals surface area contributed by atoms with Gasteiger partial charge in [-0.15, -0.1) is 0 Å². The van der Waals surface area contributed by atoms with E-state index in [0.717, 1.165) is 47.0 Å². The molecule has 3 aromatic rings. The summed E-state index contributed by atoms with van der Waals surface area (Å²) in [4.78, 5) is 24.2. The van der Waals surface area contributed by atoms with Gasteiger partial charge in [0.1, 0.15) is 11.6 Å². The number of piperidine rings is 1. The number of hydrogen-bond donors (Lipinski definition) is 0. The van der Waals surface area contributed by atoms with Gasteiger partial charge in [-0.05, 0) is 43.2 Å². The lowest BCUT2D eigenvalue weighted by Gasteiger charge is -2.39. The van der Waals surface area contributed by atoms with Crippen molar-refractivity contribution in [3.8, 4) is 5.75 Å². The lowest BCUT2D eigenvalue weighted by atomic mass is 9.95. The summed E-state index contributed by atoms with van der Waals surface area (Å²) in [6.07, 6.45) is 1.68. The van der Waals surface area contributed by atoms with E-state index in [1.165, 1.54) is 6.07 Å². The summed E-state index contributed by atoms with van der Waals surface area (Å²) in [5.74, 6) is 0.938. The number of anilines is 2. The lowest BCUT2D eigenvalue weighted by molar-refractivity contribution is -0.136. The Bertz CT molecular complexity index is 1100. The Hall–Kier alpha value is -2.87. The Balaban J connectivity index is 1.16. The molecule has 2 saturated heterocycles. The predicted octanol–water partition coefficient (Wildman–Crippen LogP) is 4.01. The number of rotatable bonds is 4. The molecule has 3 heterocycles. The van der Waals surface area contributed by atoms with E-state index in [9.17, 15) is 9.18 Å². The van der Waals surface area contributed by atoms with Crippen molar-refractivity contribution in [1.29, 1.82) is 0 Å². The summed E-state index contributed by atoms with van der Waals surface area (Å²) in [5.41, 5.74) is 1.61. The van der Waals surface area contributed by atoms with E-state index < -0.39 is 0 Å². The fourth-order valence-electron chi connectivity index (χ4n) is 4.61. The third-order valence-electron chi connectivity index (χ3n) is 6.48. The molecule has 0 spiro atoms. The first kappa shape index (κ1) is 21.0. The molecule has 2 aliphatic heterocycles. The number of carbonyl (C=O) groups is 1. The van der Waals surface area contributed by atoms with E-state index in [2.05, 4.69) is 4.90 Å². The molecule has 1 amide bonds. The molecule has 1 aromatic heterocycles. The van der Waals surface area contributed by atoms with Crippen LogP contribution < -0.4 is 14.5 Å². The molecule has 0 atom stereocenters. The second-order valence-electron chi connectivity index (χ2n) is 8.36. The topological polar surface area (TPSA) is 48.9 Å². The van der Waals surface area contributed by atoms with Crippen LogP contribution in [0.5, 0.6) is 5.75 Å².